The Balaban J connectivity index is 1.46. The number of nitrogens with one attached hydrogen (secondary N) is 1. The van der Waals surface area contributed by atoms with Crippen molar-refractivity contribution in [2.45, 2.75) is 77.8 Å². The molecule has 2 aliphatic rings. The Hall–Kier alpha value is -2.30. The molecule has 1 heterocycles. The van der Waals surface area contributed by atoms with Gasteiger partial charge in [-0.25, -0.2) is 0 Å². The maximum absolute atomic E-state index is 13.0. The molecule has 1 aromatic carbocycles. The topological polar surface area (TPSA) is 56.1 Å². The standard InChI is InChI=1S/C25H35N3O2/c1-15(28-18(4)16(2)17(3)27-28)14-23(29)26-25-22-9-7-6-8-21(22)24(25)19-10-12-20(30-5)13-11-19/h10-13,15,21-22,24-25H,6-9,14H2,1-5H3,(H,26,29)/t15-,21-,22-,24+,25+/m1/s1. The van der Waals surface area contributed by atoms with Crippen LogP contribution in [-0.4, -0.2) is 28.8 Å². The van der Waals surface area contributed by atoms with Crippen LogP contribution >= 0.6 is 0 Å². The van der Waals surface area contributed by atoms with Gasteiger partial charge in [-0.3, -0.25) is 9.48 Å². The van der Waals surface area contributed by atoms with Crippen molar-refractivity contribution >= 4 is 5.91 Å². The molecule has 1 amide bonds. The Morgan fingerprint density at radius 1 is 1.17 bits per heavy atom. The van der Waals surface area contributed by atoms with E-state index in [-0.39, 0.29) is 18.0 Å². The van der Waals surface area contributed by atoms with Crippen molar-refractivity contribution in [1.29, 1.82) is 0 Å². The number of nitrogens with zero attached hydrogens (tertiary/aromatic N) is 2. The van der Waals surface area contributed by atoms with Gasteiger partial charge in [0.25, 0.3) is 0 Å². The maximum atomic E-state index is 13.0. The first-order valence-electron chi connectivity index (χ1n) is 11.4. The Labute approximate surface area is 180 Å². The van der Waals surface area contributed by atoms with Crippen LogP contribution in [0.25, 0.3) is 0 Å². The van der Waals surface area contributed by atoms with Gasteiger partial charge in [-0.1, -0.05) is 25.0 Å². The van der Waals surface area contributed by atoms with E-state index in [4.69, 9.17) is 4.74 Å². The lowest BCUT2D eigenvalue weighted by Gasteiger charge is -2.55. The summed E-state index contributed by atoms with van der Waals surface area (Å²) in [5.41, 5.74) is 4.74. The molecule has 5 heteroatoms. The molecule has 1 N–H and O–H groups in total. The third kappa shape index (κ3) is 3.75. The zero-order valence-electron chi connectivity index (χ0n) is 18.9. The second-order valence-corrected chi connectivity index (χ2v) is 9.30. The van der Waals surface area contributed by atoms with Gasteiger partial charge in [-0.2, -0.15) is 5.10 Å². The summed E-state index contributed by atoms with van der Waals surface area (Å²) in [7, 11) is 1.70. The molecular weight excluding hydrogens is 374 g/mol. The molecule has 0 radical (unpaired) electrons. The third-order valence-corrected chi connectivity index (χ3v) is 7.60. The van der Waals surface area contributed by atoms with E-state index in [1.807, 2.05) is 23.7 Å². The number of hydrogen-bond donors (Lipinski definition) is 1. The highest BCUT2D eigenvalue weighted by atomic mass is 16.5. The molecule has 4 rings (SSSR count). The van der Waals surface area contributed by atoms with Gasteiger partial charge in [0.15, 0.2) is 0 Å². The fourth-order valence-electron chi connectivity index (χ4n) is 5.72. The van der Waals surface area contributed by atoms with Crippen LogP contribution in [0.2, 0.25) is 0 Å². The number of carbonyl (C=O) groups excluding carboxylic acids is 1. The summed E-state index contributed by atoms with van der Waals surface area (Å²) in [6.45, 7) is 8.30. The SMILES string of the molecule is COc1ccc([C@H]2[C@@H]3CCCC[C@H]3[C@@H]2NC(=O)C[C@@H](C)n2nc(C)c(C)c2C)cc1. The van der Waals surface area contributed by atoms with Gasteiger partial charge in [0.05, 0.1) is 18.8 Å². The molecule has 0 aliphatic heterocycles. The average Bonchev–Trinajstić information content (AvgIpc) is 3.00. The van der Waals surface area contributed by atoms with E-state index in [2.05, 4.69) is 43.3 Å². The number of benzene rings is 1. The van der Waals surface area contributed by atoms with Crippen molar-refractivity contribution in [2.75, 3.05) is 7.11 Å². The molecule has 0 bridgehead atoms. The summed E-state index contributed by atoms with van der Waals surface area (Å²) in [5, 5.41) is 8.07. The number of rotatable bonds is 6. The first kappa shape index (κ1) is 21.0. The highest BCUT2D eigenvalue weighted by Gasteiger charge is 2.51. The molecule has 5 nitrogen and oxygen atoms in total. The van der Waals surface area contributed by atoms with Gasteiger partial charge in [-0.05, 0) is 75.6 Å². The second kappa shape index (κ2) is 8.44. The van der Waals surface area contributed by atoms with Crippen LogP contribution in [-0.2, 0) is 4.79 Å². The van der Waals surface area contributed by atoms with Gasteiger partial charge >= 0.3 is 0 Å². The predicted octanol–water partition coefficient (Wildman–Crippen LogP) is 4.86. The van der Waals surface area contributed by atoms with Crippen molar-refractivity contribution in [3.8, 4) is 5.75 Å². The highest BCUT2D eigenvalue weighted by molar-refractivity contribution is 5.77. The van der Waals surface area contributed by atoms with E-state index in [1.165, 1.54) is 36.8 Å². The van der Waals surface area contributed by atoms with E-state index in [0.717, 1.165) is 17.1 Å². The molecule has 2 aromatic rings. The molecule has 0 saturated heterocycles. The van der Waals surface area contributed by atoms with Gasteiger partial charge < -0.3 is 10.1 Å². The van der Waals surface area contributed by atoms with E-state index in [9.17, 15) is 4.79 Å². The normalized spacial score (nSPS) is 26.4. The number of aryl methyl sites for hydroxylation is 1. The molecule has 0 unspecified atom stereocenters. The molecule has 5 atom stereocenters. The minimum Gasteiger partial charge on any atom is -0.497 e. The number of fused-ring (bicyclic) bond motifs is 1. The lowest BCUT2D eigenvalue weighted by Crippen LogP contribution is -2.59. The smallest absolute Gasteiger partial charge is 0.222 e. The van der Waals surface area contributed by atoms with Crippen molar-refractivity contribution in [1.82, 2.24) is 15.1 Å². The molecule has 1 aromatic heterocycles. The van der Waals surface area contributed by atoms with Crippen molar-refractivity contribution in [2.24, 2.45) is 11.8 Å². The molecular formula is C25H35N3O2. The Bertz CT molecular complexity index is 902. The lowest BCUT2D eigenvalue weighted by atomic mass is 9.53. The van der Waals surface area contributed by atoms with Crippen LogP contribution in [0.1, 0.15) is 73.5 Å². The summed E-state index contributed by atoms with van der Waals surface area (Å²) in [6, 6.07) is 8.73. The zero-order chi connectivity index (χ0) is 21.4. The van der Waals surface area contributed by atoms with Crippen LogP contribution in [0.15, 0.2) is 24.3 Å². The molecule has 2 fully saturated rings. The summed E-state index contributed by atoms with van der Waals surface area (Å²) in [4.78, 5) is 13.0. The van der Waals surface area contributed by atoms with E-state index in [1.54, 1.807) is 7.11 Å². The maximum Gasteiger partial charge on any atom is 0.222 e. The number of ether oxygens (including phenoxy) is 1. The zero-order valence-corrected chi connectivity index (χ0v) is 18.9. The largest absolute Gasteiger partial charge is 0.497 e. The van der Waals surface area contributed by atoms with Crippen LogP contribution in [0.5, 0.6) is 5.75 Å². The minimum absolute atomic E-state index is 0.0547. The van der Waals surface area contributed by atoms with Crippen LogP contribution in [0, 0.1) is 32.6 Å². The highest BCUT2D eigenvalue weighted by Crippen LogP contribution is 2.54. The number of aromatic nitrogens is 2. The van der Waals surface area contributed by atoms with Crippen LogP contribution in [0.3, 0.4) is 0 Å². The van der Waals surface area contributed by atoms with Crippen molar-refractivity contribution in [3.05, 3.63) is 46.8 Å². The van der Waals surface area contributed by atoms with Crippen molar-refractivity contribution in [3.63, 3.8) is 0 Å². The third-order valence-electron chi connectivity index (χ3n) is 7.60. The Morgan fingerprint density at radius 2 is 1.83 bits per heavy atom. The summed E-state index contributed by atoms with van der Waals surface area (Å²) in [6.07, 6.45) is 5.56. The van der Waals surface area contributed by atoms with Gasteiger partial charge in [0, 0.05) is 24.1 Å². The predicted molar refractivity (Wildman–Crippen MR) is 119 cm³/mol. The molecule has 2 aliphatic carbocycles. The summed E-state index contributed by atoms with van der Waals surface area (Å²) < 4.78 is 7.34. The van der Waals surface area contributed by atoms with Gasteiger partial charge in [0.1, 0.15) is 5.75 Å². The van der Waals surface area contributed by atoms with Crippen LogP contribution in [0.4, 0.5) is 0 Å². The summed E-state index contributed by atoms with van der Waals surface area (Å²) >= 11 is 0. The summed E-state index contributed by atoms with van der Waals surface area (Å²) in [5.74, 6) is 2.74. The minimum atomic E-state index is 0.0547. The quantitative estimate of drug-likeness (QED) is 0.741. The van der Waals surface area contributed by atoms with Gasteiger partial charge in [-0.15, -0.1) is 0 Å². The van der Waals surface area contributed by atoms with E-state index < -0.39 is 0 Å². The van der Waals surface area contributed by atoms with Crippen LogP contribution < -0.4 is 10.1 Å². The average molecular weight is 410 g/mol. The molecule has 2 saturated carbocycles. The van der Waals surface area contributed by atoms with E-state index in [0.29, 0.717) is 24.2 Å². The van der Waals surface area contributed by atoms with E-state index >= 15 is 0 Å². The number of methoxy groups -OCH3 is 1. The molecule has 0 spiro atoms. The Morgan fingerprint density at radius 3 is 2.43 bits per heavy atom. The number of hydrogen-bond acceptors (Lipinski definition) is 3. The first-order chi connectivity index (χ1) is 14.4. The second-order valence-electron chi connectivity index (χ2n) is 9.30. The number of carbonyl (C=O) groups is 1. The monoisotopic (exact) mass is 409 g/mol. The van der Waals surface area contributed by atoms with Gasteiger partial charge in [0.2, 0.25) is 5.91 Å². The fourth-order valence-corrected chi connectivity index (χ4v) is 5.72. The lowest BCUT2D eigenvalue weighted by molar-refractivity contribution is -0.125. The molecule has 30 heavy (non-hydrogen) atoms. The molecule has 162 valence electrons. The Kier molecular flexibility index (Phi) is 5.90. The fraction of sp³-hybridized carbons (Fsp3) is 0.600. The first-order valence-corrected chi connectivity index (χ1v) is 11.4. The van der Waals surface area contributed by atoms with Crippen molar-refractivity contribution < 1.29 is 9.53 Å². The number of amides is 1.